The average Bonchev–Trinajstić information content (AvgIpc) is 2.15. The SMILES string of the molecule is CCCCCC(=O)CC(=O)CC(=O)CC(=O)S. The molecule has 0 aliphatic rings. The first kappa shape index (κ1) is 16.0. The zero-order valence-electron chi connectivity index (χ0n) is 10.0. The maximum atomic E-state index is 11.3. The largest absolute Gasteiger partial charge is 0.299 e. The highest BCUT2D eigenvalue weighted by molar-refractivity contribution is 7.96. The van der Waals surface area contributed by atoms with Gasteiger partial charge < -0.3 is 0 Å². The maximum absolute atomic E-state index is 11.3. The summed E-state index contributed by atoms with van der Waals surface area (Å²) in [6.45, 7) is 2.03. The van der Waals surface area contributed by atoms with Crippen molar-refractivity contribution < 1.29 is 19.2 Å². The number of unbranched alkanes of at least 4 members (excludes halogenated alkanes) is 2. The van der Waals surface area contributed by atoms with Gasteiger partial charge in [-0.3, -0.25) is 19.2 Å². The van der Waals surface area contributed by atoms with Gasteiger partial charge in [-0.1, -0.05) is 19.8 Å². The molecule has 0 spiro atoms. The van der Waals surface area contributed by atoms with Crippen molar-refractivity contribution in [2.75, 3.05) is 0 Å². The lowest BCUT2D eigenvalue weighted by Gasteiger charge is -2.00. The molecule has 0 saturated carbocycles. The molecule has 0 bridgehead atoms. The Kier molecular flexibility index (Phi) is 8.58. The molecule has 5 heteroatoms. The minimum Gasteiger partial charge on any atom is -0.299 e. The first-order valence-corrected chi connectivity index (χ1v) is 6.17. The topological polar surface area (TPSA) is 68.3 Å². The molecule has 0 aliphatic heterocycles. The normalized spacial score (nSPS) is 10.0. The second kappa shape index (κ2) is 9.10. The molecular formula is C12H18O4S. The van der Waals surface area contributed by atoms with Crippen LogP contribution in [0.4, 0.5) is 0 Å². The van der Waals surface area contributed by atoms with Crippen molar-refractivity contribution >= 4 is 35.1 Å². The first-order chi connectivity index (χ1) is 7.95. The van der Waals surface area contributed by atoms with E-state index < -0.39 is 16.7 Å². The van der Waals surface area contributed by atoms with Crippen LogP contribution in [0, 0.1) is 0 Å². The van der Waals surface area contributed by atoms with Crippen molar-refractivity contribution in [3.8, 4) is 0 Å². The Morgan fingerprint density at radius 1 is 0.824 bits per heavy atom. The van der Waals surface area contributed by atoms with Crippen molar-refractivity contribution in [3.05, 3.63) is 0 Å². The van der Waals surface area contributed by atoms with E-state index in [1.54, 1.807) is 0 Å². The molecule has 0 atom stereocenters. The summed E-state index contributed by atoms with van der Waals surface area (Å²) in [6.07, 6.45) is 2.27. The van der Waals surface area contributed by atoms with Crippen LogP contribution < -0.4 is 0 Å². The van der Waals surface area contributed by atoms with E-state index in [9.17, 15) is 19.2 Å². The minimum absolute atomic E-state index is 0.131. The zero-order chi connectivity index (χ0) is 13.3. The highest BCUT2D eigenvalue weighted by atomic mass is 32.1. The molecule has 0 aromatic carbocycles. The number of carbonyl (C=O) groups is 4. The Bertz CT molecular complexity index is 310. The molecule has 0 radical (unpaired) electrons. The van der Waals surface area contributed by atoms with Crippen LogP contribution >= 0.6 is 12.6 Å². The number of hydrogen-bond donors (Lipinski definition) is 1. The second-order valence-electron chi connectivity index (χ2n) is 4.00. The quantitative estimate of drug-likeness (QED) is 0.369. The Labute approximate surface area is 107 Å². The minimum atomic E-state index is -0.558. The first-order valence-electron chi connectivity index (χ1n) is 5.72. The van der Waals surface area contributed by atoms with Crippen LogP contribution in [-0.4, -0.2) is 22.5 Å². The zero-order valence-corrected chi connectivity index (χ0v) is 10.9. The van der Waals surface area contributed by atoms with Gasteiger partial charge in [-0.05, 0) is 6.42 Å². The lowest BCUT2D eigenvalue weighted by atomic mass is 10.0. The fraction of sp³-hybridized carbons (Fsp3) is 0.667. The molecule has 4 nitrogen and oxygen atoms in total. The summed E-state index contributed by atoms with van der Waals surface area (Å²) in [4.78, 5) is 44.2. The smallest absolute Gasteiger partial charge is 0.193 e. The molecule has 0 fully saturated rings. The highest BCUT2D eigenvalue weighted by Gasteiger charge is 2.14. The summed E-state index contributed by atoms with van der Waals surface area (Å²) < 4.78 is 0. The van der Waals surface area contributed by atoms with Gasteiger partial charge in [0.1, 0.15) is 17.3 Å². The van der Waals surface area contributed by atoms with Crippen LogP contribution in [0.5, 0.6) is 0 Å². The van der Waals surface area contributed by atoms with Gasteiger partial charge in [-0.2, -0.15) is 0 Å². The molecule has 17 heavy (non-hydrogen) atoms. The summed E-state index contributed by atoms with van der Waals surface area (Å²) in [7, 11) is 0. The Morgan fingerprint density at radius 3 is 1.88 bits per heavy atom. The Hall–Kier alpha value is -0.970. The lowest BCUT2D eigenvalue weighted by Crippen LogP contribution is -2.13. The van der Waals surface area contributed by atoms with Crippen molar-refractivity contribution in [3.63, 3.8) is 0 Å². The maximum Gasteiger partial charge on any atom is 0.193 e. The number of hydrogen-bond acceptors (Lipinski definition) is 4. The summed E-state index contributed by atoms with van der Waals surface area (Å²) >= 11 is 3.45. The fourth-order valence-corrected chi connectivity index (χ4v) is 1.57. The van der Waals surface area contributed by atoms with E-state index in [4.69, 9.17) is 0 Å². The van der Waals surface area contributed by atoms with Crippen LogP contribution in [-0.2, 0) is 19.2 Å². The third-order valence-corrected chi connectivity index (χ3v) is 2.35. The van der Waals surface area contributed by atoms with Crippen LogP contribution in [0.1, 0.15) is 51.9 Å². The van der Waals surface area contributed by atoms with Crippen molar-refractivity contribution in [1.82, 2.24) is 0 Å². The predicted molar refractivity (Wildman–Crippen MR) is 67.0 cm³/mol. The standard InChI is InChI=1S/C12H18O4S/c1-2-3-4-5-9(13)6-10(14)7-11(15)8-12(16)17/h2-8H2,1H3,(H,16,17). The van der Waals surface area contributed by atoms with Crippen LogP contribution in [0.15, 0.2) is 0 Å². The summed E-state index contributed by atoms with van der Waals surface area (Å²) in [5, 5.41) is -0.558. The number of ketones is 3. The molecule has 0 amide bonds. The van der Waals surface area contributed by atoms with E-state index in [2.05, 4.69) is 12.6 Å². The third kappa shape index (κ3) is 9.93. The average molecular weight is 258 g/mol. The summed E-state index contributed by atoms with van der Waals surface area (Å²) in [5.74, 6) is -1.02. The van der Waals surface area contributed by atoms with Gasteiger partial charge in [-0.25, -0.2) is 0 Å². The van der Waals surface area contributed by atoms with E-state index in [0.29, 0.717) is 6.42 Å². The molecule has 0 unspecified atom stereocenters. The van der Waals surface area contributed by atoms with Gasteiger partial charge in [0, 0.05) is 6.42 Å². The molecule has 0 aromatic rings. The highest BCUT2D eigenvalue weighted by Crippen LogP contribution is 2.04. The molecule has 0 aliphatic carbocycles. The number of Topliss-reactive ketones (excluding diaryl/α,β-unsaturated/α-hetero) is 3. The van der Waals surface area contributed by atoms with Gasteiger partial charge in [-0.15, -0.1) is 12.6 Å². The Balaban J connectivity index is 3.81. The second-order valence-corrected chi connectivity index (χ2v) is 4.50. The van der Waals surface area contributed by atoms with E-state index >= 15 is 0 Å². The summed E-state index contributed by atoms with van der Waals surface area (Å²) in [6, 6.07) is 0. The van der Waals surface area contributed by atoms with Gasteiger partial charge >= 0.3 is 0 Å². The van der Waals surface area contributed by atoms with Crippen LogP contribution in [0.3, 0.4) is 0 Å². The van der Waals surface area contributed by atoms with E-state index in [-0.39, 0.29) is 25.0 Å². The predicted octanol–water partition coefficient (Wildman–Crippen LogP) is 1.90. The molecule has 0 rings (SSSR count). The van der Waals surface area contributed by atoms with Crippen LogP contribution in [0.25, 0.3) is 0 Å². The van der Waals surface area contributed by atoms with Gasteiger partial charge in [0.05, 0.1) is 19.3 Å². The fourth-order valence-electron chi connectivity index (χ4n) is 1.39. The van der Waals surface area contributed by atoms with Crippen molar-refractivity contribution in [2.24, 2.45) is 0 Å². The Morgan fingerprint density at radius 2 is 1.35 bits per heavy atom. The molecular weight excluding hydrogens is 240 g/mol. The van der Waals surface area contributed by atoms with Crippen LogP contribution in [0.2, 0.25) is 0 Å². The molecule has 0 aromatic heterocycles. The van der Waals surface area contributed by atoms with E-state index in [1.165, 1.54) is 0 Å². The number of rotatable bonds is 10. The third-order valence-electron chi connectivity index (χ3n) is 2.20. The van der Waals surface area contributed by atoms with E-state index in [0.717, 1.165) is 19.3 Å². The van der Waals surface area contributed by atoms with Gasteiger partial charge in [0.2, 0.25) is 0 Å². The van der Waals surface area contributed by atoms with Gasteiger partial charge in [0.15, 0.2) is 5.12 Å². The van der Waals surface area contributed by atoms with Gasteiger partial charge in [0.25, 0.3) is 0 Å². The number of carbonyl (C=O) groups excluding carboxylic acids is 4. The molecule has 0 N–H and O–H groups in total. The number of thiol groups is 1. The van der Waals surface area contributed by atoms with Crippen molar-refractivity contribution in [2.45, 2.75) is 51.9 Å². The summed E-state index contributed by atoms with van der Waals surface area (Å²) in [5.41, 5.74) is 0. The van der Waals surface area contributed by atoms with E-state index in [1.807, 2.05) is 6.92 Å². The lowest BCUT2D eigenvalue weighted by molar-refractivity contribution is -0.130. The molecule has 0 heterocycles. The molecule has 96 valence electrons. The molecule has 0 saturated heterocycles. The van der Waals surface area contributed by atoms with Crippen molar-refractivity contribution in [1.29, 1.82) is 0 Å². The monoisotopic (exact) mass is 258 g/mol.